The Balaban J connectivity index is 0.00000300. The Labute approximate surface area is 182 Å². The third-order valence-electron chi connectivity index (χ3n) is 4.22. The Morgan fingerprint density at radius 3 is 2.38 bits per heavy atom. The van der Waals surface area contributed by atoms with Gasteiger partial charge < -0.3 is 22.1 Å². The average molecular weight is 475 g/mol. The van der Waals surface area contributed by atoms with Crippen LogP contribution in [0.3, 0.4) is 0 Å². The number of pyridine rings is 1. The van der Waals surface area contributed by atoms with Crippen LogP contribution in [-0.2, 0) is 7.05 Å². The maximum Gasteiger partial charge on any atom is 0.352 e. The van der Waals surface area contributed by atoms with Gasteiger partial charge in [0.05, 0.1) is 5.25 Å². The summed E-state index contributed by atoms with van der Waals surface area (Å²) in [5.74, 6) is -1.80. The maximum atomic E-state index is 13.1. The SMILES string of the molecule is C[n+]1ccccc1SC(CC(=O)n1cccc1C(=O)O)C(=O)c1ccccc1.[Br-]. The normalized spacial score (nSPS) is 11.3. The number of benzene rings is 1. The molecule has 8 heteroatoms. The molecule has 0 spiro atoms. The van der Waals surface area contributed by atoms with Crippen LogP contribution in [0.25, 0.3) is 0 Å². The molecule has 0 aliphatic rings. The number of hydrogen-bond donors (Lipinski definition) is 1. The number of ketones is 1. The largest absolute Gasteiger partial charge is 1.00 e. The van der Waals surface area contributed by atoms with Crippen LogP contribution in [0.4, 0.5) is 0 Å². The van der Waals surface area contributed by atoms with Gasteiger partial charge in [-0.05, 0) is 30.0 Å². The second kappa shape index (κ2) is 10.2. The molecule has 2 heterocycles. The number of halogens is 1. The van der Waals surface area contributed by atoms with Crippen LogP contribution in [0.15, 0.2) is 78.1 Å². The molecule has 1 unspecified atom stereocenters. The fraction of sp³-hybridized carbons (Fsp3) is 0.143. The number of thioether (sulfide) groups is 1. The zero-order valence-electron chi connectivity index (χ0n) is 15.6. The fourth-order valence-electron chi connectivity index (χ4n) is 2.78. The number of carbonyl (C=O) groups excluding carboxylic acids is 2. The molecule has 150 valence electrons. The van der Waals surface area contributed by atoms with E-state index in [1.807, 2.05) is 42.1 Å². The summed E-state index contributed by atoms with van der Waals surface area (Å²) in [5.41, 5.74) is 0.392. The van der Waals surface area contributed by atoms with E-state index in [0.717, 1.165) is 9.59 Å². The van der Waals surface area contributed by atoms with Crippen LogP contribution in [0.2, 0.25) is 0 Å². The van der Waals surface area contributed by atoms with Crippen molar-refractivity contribution in [2.45, 2.75) is 16.7 Å². The number of Topliss-reactive ketones (excluding diaryl/α,β-unsaturated/α-hetero) is 1. The quantitative estimate of drug-likeness (QED) is 0.298. The van der Waals surface area contributed by atoms with Crippen LogP contribution in [-0.4, -0.2) is 32.6 Å². The van der Waals surface area contributed by atoms with E-state index in [1.54, 1.807) is 24.3 Å². The highest BCUT2D eigenvalue weighted by atomic mass is 79.9. The second-order valence-electron chi connectivity index (χ2n) is 6.15. The Morgan fingerprint density at radius 2 is 1.72 bits per heavy atom. The molecule has 0 saturated carbocycles. The van der Waals surface area contributed by atoms with Crippen molar-refractivity contribution in [1.29, 1.82) is 0 Å². The fourth-order valence-corrected chi connectivity index (χ4v) is 3.93. The molecule has 3 aromatic rings. The molecule has 1 N–H and O–H groups in total. The molecule has 0 fully saturated rings. The molecule has 6 nitrogen and oxygen atoms in total. The highest BCUT2D eigenvalue weighted by Gasteiger charge is 2.28. The number of rotatable bonds is 7. The van der Waals surface area contributed by atoms with Gasteiger partial charge in [-0.2, -0.15) is 4.57 Å². The summed E-state index contributed by atoms with van der Waals surface area (Å²) in [6, 6.07) is 17.3. The lowest BCUT2D eigenvalue weighted by Crippen LogP contribution is -3.00. The van der Waals surface area contributed by atoms with Gasteiger partial charge >= 0.3 is 5.97 Å². The summed E-state index contributed by atoms with van der Waals surface area (Å²) in [6.07, 6.45) is 3.15. The smallest absolute Gasteiger partial charge is 0.352 e. The topological polar surface area (TPSA) is 80.2 Å². The number of aryl methyl sites for hydroxylation is 1. The number of aromatic carboxylic acids is 1. The molecular formula is C21H19BrN2O4S. The maximum absolute atomic E-state index is 13.1. The van der Waals surface area contributed by atoms with E-state index >= 15 is 0 Å². The molecule has 29 heavy (non-hydrogen) atoms. The molecule has 0 aliphatic carbocycles. The molecule has 0 radical (unpaired) electrons. The Morgan fingerprint density at radius 1 is 1.03 bits per heavy atom. The van der Waals surface area contributed by atoms with Crippen LogP contribution < -0.4 is 21.5 Å². The van der Waals surface area contributed by atoms with Gasteiger partial charge in [-0.25, -0.2) is 4.79 Å². The van der Waals surface area contributed by atoms with Crippen molar-refractivity contribution in [3.63, 3.8) is 0 Å². The third kappa shape index (κ3) is 5.42. The van der Waals surface area contributed by atoms with Gasteiger partial charge in [-0.3, -0.25) is 14.2 Å². The average Bonchev–Trinajstić information content (AvgIpc) is 3.19. The summed E-state index contributed by atoms with van der Waals surface area (Å²) >= 11 is 1.29. The van der Waals surface area contributed by atoms with Crippen LogP contribution in [0, 0.1) is 0 Å². The number of nitrogens with zero attached hydrogens (tertiary/aromatic N) is 2. The second-order valence-corrected chi connectivity index (χ2v) is 7.38. The van der Waals surface area contributed by atoms with Gasteiger partial charge in [0.2, 0.25) is 10.9 Å². The molecule has 0 amide bonds. The molecule has 0 saturated heterocycles. The van der Waals surface area contributed by atoms with E-state index in [2.05, 4.69) is 0 Å². The Hall–Kier alpha value is -2.71. The van der Waals surface area contributed by atoms with Crippen LogP contribution in [0.5, 0.6) is 0 Å². The predicted molar refractivity (Wildman–Crippen MR) is 105 cm³/mol. The summed E-state index contributed by atoms with van der Waals surface area (Å²) in [4.78, 5) is 37.2. The first-order valence-corrected chi connectivity index (χ1v) is 9.50. The van der Waals surface area contributed by atoms with E-state index in [0.29, 0.717) is 5.56 Å². The van der Waals surface area contributed by atoms with Crippen molar-refractivity contribution in [3.05, 3.63) is 84.3 Å². The van der Waals surface area contributed by atoms with E-state index in [4.69, 9.17) is 0 Å². The minimum absolute atomic E-state index is 0. The van der Waals surface area contributed by atoms with E-state index in [1.165, 1.54) is 30.1 Å². The van der Waals surface area contributed by atoms with E-state index in [9.17, 15) is 19.5 Å². The molecule has 2 aromatic heterocycles. The summed E-state index contributed by atoms with van der Waals surface area (Å²) < 4.78 is 2.96. The highest BCUT2D eigenvalue weighted by molar-refractivity contribution is 8.00. The minimum Gasteiger partial charge on any atom is -1.00 e. The van der Waals surface area contributed by atoms with Crippen molar-refractivity contribution in [3.8, 4) is 0 Å². The number of hydrogen-bond acceptors (Lipinski definition) is 4. The lowest BCUT2D eigenvalue weighted by Gasteiger charge is -2.14. The lowest BCUT2D eigenvalue weighted by atomic mass is 10.1. The minimum atomic E-state index is -1.19. The molecule has 0 aliphatic heterocycles. The first kappa shape index (κ1) is 22.6. The number of carboxylic acids is 1. The monoisotopic (exact) mass is 474 g/mol. The van der Waals surface area contributed by atoms with Gasteiger partial charge in [0.25, 0.3) is 0 Å². The Kier molecular flexibility index (Phi) is 7.92. The summed E-state index contributed by atoms with van der Waals surface area (Å²) in [6.45, 7) is 0. The molecule has 0 bridgehead atoms. The van der Waals surface area contributed by atoms with Gasteiger partial charge in [0.1, 0.15) is 12.7 Å². The third-order valence-corrected chi connectivity index (χ3v) is 5.55. The predicted octanol–water partition coefficient (Wildman–Crippen LogP) is 0.0889. The first-order chi connectivity index (χ1) is 13.5. The van der Waals surface area contributed by atoms with Crippen molar-refractivity contribution in [2.75, 3.05) is 0 Å². The standard InChI is InChI=1S/C21H18N2O4S.BrH/c1-22-12-6-5-11-19(22)28-17(20(25)15-8-3-2-4-9-15)14-18(24)23-13-7-10-16(23)21(26)27;/h2-13,17H,14H2,1H3;1H. The van der Waals surface area contributed by atoms with Gasteiger partial charge in [-0.15, -0.1) is 0 Å². The zero-order chi connectivity index (χ0) is 20.1. The van der Waals surface area contributed by atoms with Crippen molar-refractivity contribution >= 4 is 29.4 Å². The van der Waals surface area contributed by atoms with Gasteiger partial charge in [0.15, 0.2) is 12.0 Å². The summed E-state index contributed by atoms with van der Waals surface area (Å²) in [7, 11) is 1.86. The molecule has 1 atom stereocenters. The molecule has 3 rings (SSSR count). The molecular weight excluding hydrogens is 456 g/mol. The van der Waals surface area contributed by atoms with Crippen molar-refractivity contribution in [2.24, 2.45) is 7.05 Å². The van der Waals surface area contributed by atoms with E-state index in [-0.39, 0.29) is 34.9 Å². The van der Waals surface area contributed by atoms with Gasteiger partial charge in [0, 0.05) is 30.3 Å². The van der Waals surface area contributed by atoms with Crippen LogP contribution in [0.1, 0.15) is 32.1 Å². The van der Waals surface area contributed by atoms with E-state index < -0.39 is 17.1 Å². The van der Waals surface area contributed by atoms with Crippen LogP contribution >= 0.6 is 11.8 Å². The first-order valence-electron chi connectivity index (χ1n) is 8.62. The lowest BCUT2D eigenvalue weighted by molar-refractivity contribution is -0.708. The number of carbonyl (C=O) groups is 3. The van der Waals surface area contributed by atoms with Gasteiger partial charge in [-0.1, -0.05) is 30.3 Å². The molecule has 1 aromatic carbocycles. The highest BCUT2D eigenvalue weighted by Crippen LogP contribution is 2.26. The van der Waals surface area contributed by atoms with Crippen molar-refractivity contribution in [1.82, 2.24) is 4.57 Å². The Bertz CT molecular complexity index is 1020. The number of aromatic nitrogens is 2. The number of carboxylic acid groups (broad SMARTS) is 1. The van der Waals surface area contributed by atoms with Crippen molar-refractivity contribution < 1.29 is 41.0 Å². The summed E-state index contributed by atoms with van der Waals surface area (Å²) in [5, 5.41) is 9.39. The zero-order valence-corrected chi connectivity index (χ0v) is 18.0.